The molecule has 2 aliphatic rings. The molecule has 0 unspecified atom stereocenters. The van der Waals surface area contributed by atoms with Crippen LogP contribution in [-0.2, 0) is 26.9 Å². The zero-order chi connectivity index (χ0) is 18.1. The van der Waals surface area contributed by atoms with Crippen LogP contribution in [0.2, 0.25) is 0 Å². The second-order valence-electron chi connectivity index (χ2n) is 7.59. The van der Waals surface area contributed by atoms with Gasteiger partial charge in [-0.1, -0.05) is 20.8 Å². The summed E-state index contributed by atoms with van der Waals surface area (Å²) in [4.78, 5) is 7.02. The van der Waals surface area contributed by atoms with Crippen molar-refractivity contribution in [3.63, 3.8) is 0 Å². The van der Waals surface area contributed by atoms with Gasteiger partial charge >= 0.3 is 0 Å². The molecule has 0 N–H and O–H groups in total. The first-order valence-corrected chi connectivity index (χ1v) is 11.0. The summed E-state index contributed by atoms with van der Waals surface area (Å²) in [5.74, 6) is 0. The molecule has 0 saturated carbocycles. The monoisotopic (exact) mass is 388 g/mol. The number of ether oxygens (including phenoxy) is 1. The minimum atomic E-state index is -3.35. The molecule has 1 aromatic rings. The Labute approximate surface area is 154 Å². The molecule has 0 bridgehead atoms. The minimum Gasteiger partial charge on any atom is -0.379 e. The van der Waals surface area contributed by atoms with Crippen LogP contribution in [0.1, 0.15) is 31.5 Å². The van der Waals surface area contributed by atoms with Gasteiger partial charge in [-0.25, -0.2) is 4.98 Å². The van der Waals surface area contributed by atoms with Crippen molar-refractivity contribution in [2.45, 2.75) is 32.7 Å². The molecular weight excluding hydrogens is 360 g/mol. The van der Waals surface area contributed by atoms with Crippen LogP contribution < -0.4 is 0 Å². The number of thiazole rings is 1. The van der Waals surface area contributed by atoms with E-state index in [-0.39, 0.29) is 5.41 Å². The van der Waals surface area contributed by atoms with E-state index < -0.39 is 10.2 Å². The van der Waals surface area contributed by atoms with Crippen molar-refractivity contribution in [1.29, 1.82) is 0 Å². The van der Waals surface area contributed by atoms with Crippen LogP contribution in [0.3, 0.4) is 0 Å². The Morgan fingerprint density at radius 1 is 1.08 bits per heavy atom. The van der Waals surface area contributed by atoms with Crippen LogP contribution in [0.5, 0.6) is 0 Å². The van der Waals surface area contributed by atoms with Crippen LogP contribution in [0, 0.1) is 0 Å². The van der Waals surface area contributed by atoms with Crippen molar-refractivity contribution < 1.29 is 13.2 Å². The van der Waals surface area contributed by atoms with Gasteiger partial charge in [-0.3, -0.25) is 4.90 Å². The molecule has 0 aliphatic carbocycles. The summed E-state index contributed by atoms with van der Waals surface area (Å²) < 4.78 is 33.8. The summed E-state index contributed by atoms with van der Waals surface area (Å²) in [5, 5.41) is 3.27. The first-order chi connectivity index (χ1) is 11.8. The highest BCUT2D eigenvalue weighted by Crippen LogP contribution is 2.26. The van der Waals surface area contributed by atoms with E-state index >= 15 is 0 Å². The van der Waals surface area contributed by atoms with Gasteiger partial charge in [0.1, 0.15) is 0 Å². The number of piperazine rings is 1. The number of rotatable bonds is 4. The third kappa shape index (κ3) is 4.58. The van der Waals surface area contributed by atoms with E-state index in [1.165, 1.54) is 0 Å². The molecule has 3 rings (SSSR count). The van der Waals surface area contributed by atoms with Gasteiger partial charge < -0.3 is 4.74 Å². The van der Waals surface area contributed by atoms with Gasteiger partial charge in [0.15, 0.2) is 0 Å². The topological polar surface area (TPSA) is 66.0 Å². The molecule has 0 amide bonds. The van der Waals surface area contributed by atoms with Crippen molar-refractivity contribution in [1.82, 2.24) is 18.5 Å². The molecule has 0 spiro atoms. The molecule has 2 saturated heterocycles. The fourth-order valence-corrected chi connectivity index (χ4v) is 5.47. The van der Waals surface area contributed by atoms with Gasteiger partial charge in [0.2, 0.25) is 0 Å². The second-order valence-corrected chi connectivity index (χ2v) is 10.4. The molecule has 7 nitrogen and oxygen atoms in total. The second kappa shape index (κ2) is 7.58. The maximum absolute atomic E-state index is 12.7. The minimum absolute atomic E-state index is 0.0772. The highest BCUT2D eigenvalue weighted by atomic mass is 32.2. The zero-order valence-electron chi connectivity index (χ0n) is 15.3. The van der Waals surface area contributed by atoms with Crippen LogP contribution in [0.4, 0.5) is 0 Å². The number of aromatic nitrogens is 1. The Kier molecular flexibility index (Phi) is 5.81. The number of hydrogen-bond acceptors (Lipinski definition) is 6. The van der Waals surface area contributed by atoms with E-state index in [4.69, 9.17) is 9.72 Å². The molecule has 2 aliphatic heterocycles. The lowest BCUT2D eigenvalue weighted by molar-refractivity contribution is 0.0683. The van der Waals surface area contributed by atoms with Crippen molar-refractivity contribution >= 4 is 21.5 Å². The summed E-state index contributed by atoms with van der Waals surface area (Å²) in [6, 6.07) is 0. The molecule has 1 aromatic heterocycles. The van der Waals surface area contributed by atoms with Crippen LogP contribution in [0.15, 0.2) is 5.38 Å². The number of nitrogens with zero attached hydrogens (tertiary/aromatic N) is 4. The quantitative estimate of drug-likeness (QED) is 0.774. The van der Waals surface area contributed by atoms with E-state index in [1.54, 1.807) is 19.9 Å². The highest BCUT2D eigenvalue weighted by molar-refractivity contribution is 7.86. The third-order valence-electron chi connectivity index (χ3n) is 4.53. The number of hydrogen-bond donors (Lipinski definition) is 0. The summed E-state index contributed by atoms with van der Waals surface area (Å²) in [5.41, 5.74) is 1.16. The van der Waals surface area contributed by atoms with Gasteiger partial charge in [0.05, 0.1) is 23.9 Å². The summed E-state index contributed by atoms with van der Waals surface area (Å²) >= 11 is 1.71. The molecule has 2 fully saturated rings. The van der Waals surface area contributed by atoms with Gasteiger partial charge in [-0.15, -0.1) is 11.3 Å². The van der Waals surface area contributed by atoms with Gasteiger partial charge in [0, 0.05) is 56.6 Å². The normalized spacial score (nSPS) is 22.4. The smallest absolute Gasteiger partial charge is 0.282 e. The predicted octanol–water partition coefficient (Wildman–Crippen LogP) is 1.14. The standard InChI is InChI=1S/C16H28N4O3S2/c1-16(2,3)15-17-14(13-24-15)12-18-4-6-19(7-5-18)25(21,22)20-8-10-23-11-9-20/h13H,4-12H2,1-3H3. The largest absolute Gasteiger partial charge is 0.379 e. The van der Waals surface area contributed by atoms with Gasteiger partial charge in [-0.05, 0) is 0 Å². The Morgan fingerprint density at radius 3 is 2.24 bits per heavy atom. The maximum Gasteiger partial charge on any atom is 0.282 e. The Balaban J connectivity index is 1.54. The van der Waals surface area contributed by atoms with Gasteiger partial charge in [0.25, 0.3) is 10.2 Å². The molecule has 0 radical (unpaired) electrons. The zero-order valence-corrected chi connectivity index (χ0v) is 16.9. The SMILES string of the molecule is CC(C)(C)c1nc(CN2CCN(S(=O)(=O)N3CCOCC3)CC2)cs1. The maximum atomic E-state index is 12.7. The Morgan fingerprint density at radius 2 is 1.68 bits per heavy atom. The summed E-state index contributed by atoms with van der Waals surface area (Å²) in [6.07, 6.45) is 0. The van der Waals surface area contributed by atoms with E-state index in [1.807, 2.05) is 0 Å². The first kappa shape index (κ1) is 19.2. The molecule has 0 aromatic carbocycles. The van der Waals surface area contributed by atoms with Crippen molar-refractivity contribution in [2.75, 3.05) is 52.5 Å². The van der Waals surface area contributed by atoms with Crippen LogP contribution in [0.25, 0.3) is 0 Å². The van der Waals surface area contributed by atoms with Crippen LogP contribution in [-0.4, -0.2) is 79.4 Å². The lowest BCUT2D eigenvalue weighted by atomic mass is 9.98. The first-order valence-electron chi connectivity index (χ1n) is 8.77. The fourth-order valence-electron chi connectivity index (χ4n) is 3.01. The van der Waals surface area contributed by atoms with E-state index in [2.05, 4.69) is 31.1 Å². The fraction of sp³-hybridized carbons (Fsp3) is 0.812. The van der Waals surface area contributed by atoms with E-state index in [0.717, 1.165) is 30.3 Å². The van der Waals surface area contributed by atoms with E-state index in [9.17, 15) is 8.42 Å². The lowest BCUT2D eigenvalue weighted by Gasteiger charge is -2.37. The Hall–Kier alpha value is -0.580. The van der Waals surface area contributed by atoms with Crippen LogP contribution >= 0.6 is 11.3 Å². The lowest BCUT2D eigenvalue weighted by Crippen LogP contribution is -2.54. The molecular formula is C16H28N4O3S2. The molecule has 0 atom stereocenters. The average molecular weight is 389 g/mol. The van der Waals surface area contributed by atoms with Crippen molar-refractivity contribution in [3.05, 3.63) is 16.1 Å². The van der Waals surface area contributed by atoms with Crippen molar-refractivity contribution in [2.24, 2.45) is 0 Å². The third-order valence-corrected chi connectivity index (χ3v) is 7.89. The van der Waals surface area contributed by atoms with Gasteiger partial charge in [-0.2, -0.15) is 17.0 Å². The summed E-state index contributed by atoms with van der Waals surface area (Å²) in [6.45, 7) is 11.7. The predicted molar refractivity (Wildman–Crippen MR) is 99.0 cm³/mol. The highest BCUT2D eigenvalue weighted by Gasteiger charge is 2.33. The molecule has 25 heavy (non-hydrogen) atoms. The number of morpholine rings is 1. The summed E-state index contributed by atoms with van der Waals surface area (Å²) in [7, 11) is -3.35. The van der Waals surface area contributed by atoms with Crippen molar-refractivity contribution in [3.8, 4) is 0 Å². The molecule has 3 heterocycles. The Bertz CT molecular complexity index is 670. The average Bonchev–Trinajstić information content (AvgIpc) is 3.05. The molecule has 9 heteroatoms. The molecule has 142 valence electrons. The van der Waals surface area contributed by atoms with E-state index in [0.29, 0.717) is 39.4 Å².